The minimum absolute atomic E-state index is 0.0693. The standard InChI is InChI=1S/C18H14Cl2FNO3/c1-11-5-6-12(9-15(11)20)22-17(23)10-25-18(24)8-7-13-14(19)3-2-4-16(13)21/h2-9H,10H2,1H3,(H,22,23)/b8-7+. The van der Waals surface area contributed by atoms with E-state index in [4.69, 9.17) is 27.9 Å². The summed E-state index contributed by atoms with van der Waals surface area (Å²) in [5, 5.41) is 3.23. The Hall–Kier alpha value is -2.37. The second-order valence-corrected chi connectivity index (χ2v) is 5.90. The molecule has 0 spiro atoms. The van der Waals surface area contributed by atoms with Gasteiger partial charge >= 0.3 is 5.97 Å². The normalized spacial score (nSPS) is 10.7. The minimum Gasteiger partial charge on any atom is -0.452 e. The number of esters is 1. The minimum atomic E-state index is -0.795. The fourth-order valence-electron chi connectivity index (χ4n) is 1.87. The fourth-order valence-corrected chi connectivity index (χ4v) is 2.28. The Labute approximate surface area is 154 Å². The number of benzene rings is 2. The zero-order valence-corrected chi connectivity index (χ0v) is 14.7. The molecular formula is C18H14Cl2FNO3. The number of halogens is 3. The van der Waals surface area contributed by atoms with Gasteiger partial charge < -0.3 is 10.1 Å². The van der Waals surface area contributed by atoms with Crippen molar-refractivity contribution in [3.8, 4) is 0 Å². The van der Waals surface area contributed by atoms with E-state index >= 15 is 0 Å². The third kappa shape index (κ3) is 5.59. The van der Waals surface area contributed by atoms with Crippen LogP contribution in [0.5, 0.6) is 0 Å². The Balaban J connectivity index is 1.88. The summed E-state index contributed by atoms with van der Waals surface area (Å²) in [6.45, 7) is 1.35. The van der Waals surface area contributed by atoms with Crippen molar-refractivity contribution in [2.24, 2.45) is 0 Å². The van der Waals surface area contributed by atoms with Gasteiger partial charge in [-0.15, -0.1) is 0 Å². The largest absolute Gasteiger partial charge is 0.452 e. The number of anilines is 1. The Kier molecular flexibility index (Phi) is 6.56. The van der Waals surface area contributed by atoms with Crippen molar-refractivity contribution in [3.05, 3.63) is 69.5 Å². The van der Waals surface area contributed by atoms with Crippen molar-refractivity contribution >= 4 is 46.8 Å². The summed E-state index contributed by atoms with van der Waals surface area (Å²) in [6, 6.07) is 9.20. The highest BCUT2D eigenvalue weighted by Crippen LogP contribution is 2.21. The van der Waals surface area contributed by atoms with Crippen LogP contribution in [0.25, 0.3) is 6.08 Å². The van der Waals surface area contributed by atoms with Crippen LogP contribution < -0.4 is 5.32 Å². The zero-order chi connectivity index (χ0) is 18.4. The van der Waals surface area contributed by atoms with Crippen LogP contribution in [0.3, 0.4) is 0 Å². The SMILES string of the molecule is Cc1ccc(NC(=O)COC(=O)/C=C/c2c(F)cccc2Cl)cc1Cl. The van der Waals surface area contributed by atoms with Gasteiger partial charge in [0.25, 0.3) is 5.91 Å². The molecule has 0 saturated carbocycles. The molecule has 2 aromatic rings. The van der Waals surface area contributed by atoms with Gasteiger partial charge in [-0.25, -0.2) is 9.18 Å². The molecule has 130 valence electrons. The van der Waals surface area contributed by atoms with Gasteiger partial charge in [-0.1, -0.05) is 35.3 Å². The lowest BCUT2D eigenvalue weighted by Gasteiger charge is -2.07. The van der Waals surface area contributed by atoms with Crippen molar-refractivity contribution < 1.29 is 18.7 Å². The van der Waals surface area contributed by atoms with E-state index in [0.29, 0.717) is 10.7 Å². The highest BCUT2D eigenvalue weighted by atomic mass is 35.5. The van der Waals surface area contributed by atoms with Crippen LogP contribution >= 0.6 is 23.2 Å². The summed E-state index contributed by atoms with van der Waals surface area (Å²) in [5.74, 6) is -1.88. The molecule has 0 bridgehead atoms. The second kappa shape index (κ2) is 8.65. The molecule has 0 aliphatic heterocycles. The number of carbonyl (C=O) groups is 2. The molecule has 0 heterocycles. The molecule has 0 saturated heterocycles. The monoisotopic (exact) mass is 381 g/mol. The van der Waals surface area contributed by atoms with Gasteiger partial charge in [-0.05, 0) is 42.8 Å². The number of aryl methyl sites for hydroxylation is 1. The average Bonchev–Trinajstić information content (AvgIpc) is 2.56. The first kappa shape index (κ1) is 19.0. The Bertz CT molecular complexity index is 817. The summed E-state index contributed by atoms with van der Waals surface area (Å²) < 4.78 is 18.4. The van der Waals surface area contributed by atoms with Crippen molar-refractivity contribution in [2.75, 3.05) is 11.9 Å². The van der Waals surface area contributed by atoms with Crippen LogP contribution in [0.15, 0.2) is 42.5 Å². The first-order valence-corrected chi connectivity index (χ1v) is 7.97. The smallest absolute Gasteiger partial charge is 0.331 e. The number of hydrogen-bond acceptors (Lipinski definition) is 3. The first-order chi connectivity index (χ1) is 11.9. The van der Waals surface area contributed by atoms with Gasteiger partial charge in [-0.3, -0.25) is 4.79 Å². The lowest BCUT2D eigenvalue weighted by atomic mass is 10.2. The average molecular weight is 382 g/mol. The van der Waals surface area contributed by atoms with Gasteiger partial charge in [0.1, 0.15) is 5.82 Å². The molecule has 25 heavy (non-hydrogen) atoms. The third-order valence-electron chi connectivity index (χ3n) is 3.19. The summed E-state index contributed by atoms with van der Waals surface area (Å²) in [7, 11) is 0. The van der Waals surface area contributed by atoms with E-state index in [2.05, 4.69) is 5.32 Å². The lowest BCUT2D eigenvalue weighted by molar-refractivity contribution is -0.142. The second-order valence-electron chi connectivity index (χ2n) is 5.09. The maximum Gasteiger partial charge on any atom is 0.331 e. The quantitative estimate of drug-likeness (QED) is 0.606. The molecular weight excluding hydrogens is 368 g/mol. The van der Waals surface area contributed by atoms with Crippen LogP contribution in [0, 0.1) is 12.7 Å². The Morgan fingerprint density at radius 3 is 2.64 bits per heavy atom. The van der Waals surface area contributed by atoms with Crippen molar-refractivity contribution in [1.29, 1.82) is 0 Å². The molecule has 0 atom stereocenters. The van der Waals surface area contributed by atoms with Gasteiger partial charge in [0.15, 0.2) is 6.61 Å². The maximum absolute atomic E-state index is 13.6. The molecule has 1 amide bonds. The van der Waals surface area contributed by atoms with Gasteiger partial charge in [0.05, 0.1) is 5.02 Å². The lowest BCUT2D eigenvalue weighted by Crippen LogP contribution is -2.20. The highest BCUT2D eigenvalue weighted by Gasteiger charge is 2.08. The number of rotatable bonds is 5. The van der Waals surface area contributed by atoms with Crippen molar-refractivity contribution in [2.45, 2.75) is 6.92 Å². The van der Waals surface area contributed by atoms with Gasteiger partial charge in [0, 0.05) is 22.3 Å². The van der Waals surface area contributed by atoms with Crippen LogP contribution in [0.1, 0.15) is 11.1 Å². The van der Waals surface area contributed by atoms with Crippen LogP contribution in [-0.2, 0) is 14.3 Å². The van der Waals surface area contributed by atoms with E-state index < -0.39 is 24.3 Å². The van der Waals surface area contributed by atoms with Crippen LogP contribution in [0.2, 0.25) is 10.0 Å². The van der Waals surface area contributed by atoms with E-state index in [1.807, 2.05) is 6.92 Å². The van der Waals surface area contributed by atoms with E-state index in [1.165, 1.54) is 24.3 Å². The molecule has 0 unspecified atom stereocenters. The van der Waals surface area contributed by atoms with Crippen molar-refractivity contribution in [3.63, 3.8) is 0 Å². The number of amides is 1. The molecule has 2 rings (SSSR count). The van der Waals surface area contributed by atoms with E-state index in [0.717, 1.165) is 11.6 Å². The molecule has 0 fully saturated rings. The predicted molar refractivity (Wildman–Crippen MR) is 96.2 cm³/mol. The van der Waals surface area contributed by atoms with Gasteiger partial charge in [-0.2, -0.15) is 0 Å². The summed E-state index contributed by atoms with van der Waals surface area (Å²) >= 11 is 11.8. The topological polar surface area (TPSA) is 55.4 Å². The van der Waals surface area contributed by atoms with Crippen LogP contribution in [0.4, 0.5) is 10.1 Å². The molecule has 0 radical (unpaired) electrons. The first-order valence-electron chi connectivity index (χ1n) is 7.21. The molecule has 1 N–H and O–H groups in total. The molecule has 0 aliphatic rings. The van der Waals surface area contributed by atoms with E-state index in [9.17, 15) is 14.0 Å². The van der Waals surface area contributed by atoms with Crippen LogP contribution in [-0.4, -0.2) is 18.5 Å². The predicted octanol–water partition coefficient (Wildman–Crippen LogP) is 4.64. The molecule has 0 aromatic heterocycles. The highest BCUT2D eigenvalue weighted by molar-refractivity contribution is 6.32. The summed E-state index contributed by atoms with van der Waals surface area (Å²) in [6.07, 6.45) is 2.19. The number of nitrogens with one attached hydrogen (secondary N) is 1. The number of ether oxygens (including phenoxy) is 1. The molecule has 4 nitrogen and oxygen atoms in total. The van der Waals surface area contributed by atoms with E-state index in [1.54, 1.807) is 18.2 Å². The number of hydrogen-bond donors (Lipinski definition) is 1. The number of carbonyl (C=O) groups excluding carboxylic acids is 2. The fraction of sp³-hybridized carbons (Fsp3) is 0.111. The summed E-state index contributed by atoms with van der Waals surface area (Å²) in [5.41, 5.74) is 1.44. The Morgan fingerprint density at radius 1 is 1.20 bits per heavy atom. The summed E-state index contributed by atoms with van der Waals surface area (Å²) in [4.78, 5) is 23.4. The zero-order valence-electron chi connectivity index (χ0n) is 13.2. The molecule has 7 heteroatoms. The van der Waals surface area contributed by atoms with Crippen molar-refractivity contribution in [1.82, 2.24) is 0 Å². The molecule has 2 aromatic carbocycles. The third-order valence-corrected chi connectivity index (χ3v) is 3.92. The van der Waals surface area contributed by atoms with Gasteiger partial charge in [0.2, 0.25) is 0 Å². The Morgan fingerprint density at radius 2 is 1.96 bits per heavy atom. The maximum atomic E-state index is 13.6. The van der Waals surface area contributed by atoms with E-state index in [-0.39, 0.29) is 10.6 Å². The molecule has 0 aliphatic carbocycles.